The molecule has 0 bridgehead atoms. The molecule has 80 valence electrons. The zero-order chi connectivity index (χ0) is 10.8. The van der Waals surface area contributed by atoms with Crippen LogP contribution in [0.3, 0.4) is 0 Å². The van der Waals surface area contributed by atoms with Crippen molar-refractivity contribution < 1.29 is 4.79 Å². The van der Waals surface area contributed by atoms with Crippen LogP contribution >= 0.6 is 0 Å². The lowest BCUT2D eigenvalue weighted by atomic mass is 10.0. The predicted molar refractivity (Wildman–Crippen MR) is 57.5 cm³/mol. The Balaban J connectivity index is 2.31. The molecule has 5 nitrogen and oxygen atoms in total. The van der Waals surface area contributed by atoms with Crippen LogP contribution in [0.5, 0.6) is 0 Å². The zero-order valence-corrected chi connectivity index (χ0v) is 8.82. The molecule has 0 saturated heterocycles. The first kappa shape index (κ1) is 9.89. The number of aromatic nitrogens is 2. The van der Waals surface area contributed by atoms with Gasteiger partial charge in [-0.15, -0.1) is 5.10 Å². The molecular weight excluding hydrogens is 192 g/mol. The summed E-state index contributed by atoms with van der Waals surface area (Å²) in [4.78, 5) is 11.6. The largest absolute Gasteiger partial charge is 0.363 e. The average molecular weight is 206 g/mol. The van der Waals surface area contributed by atoms with E-state index in [1.807, 2.05) is 0 Å². The minimum Gasteiger partial charge on any atom is -0.363 e. The van der Waals surface area contributed by atoms with Gasteiger partial charge in [0.05, 0.1) is 11.9 Å². The number of hydrogen-bond acceptors (Lipinski definition) is 4. The lowest BCUT2D eigenvalue weighted by Gasteiger charge is -2.19. The van der Waals surface area contributed by atoms with Crippen LogP contribution in [0.4, 0.5) is 11.5 Å². The number of carbonyl (C=O) groups excluding carboxylic acids is 1. The quantitative estimate of drug-likeness (QED) is 0.725. The van der Waals surface area contributed by atoms with Crippen molar-refractivity contribution in [2.75, 3.05) is 10.6 Å². The fraction of sp³-hybridized carbons (Fsp3) is 0.500. The molecule has 0 saturated carbocycles. The third kappa shape index (κ3) is 2.06. The molecule has 0 radical (unpaired) electrons. The summed E-state index contributed by atoms with van der Waals surface area (Å²) in [6.45, 7) is 4.15. The molecule has 1 amide bonds. The van der Waals surface area contributed by atoms with Crippen molar-refractivity contribution in [1.29, 1.82) is 0 Å². The van der Waals surface area contributed by atoms with Gasteiger partial charge in [-0.2, -0.15) is 5.10 Å². The van der Waals surface area contributed by atoms with Crippen molar-refractivity contribution >= 4 is 17.4 Å². The van der Waals surface area contributed by atoms with Gasteiger partial charge in [0.25, 0.3) is 0 Å². The van der Waals surface area contributed by atoms with E-state index in [4.69, 9.17) is 0 Å². The monoisotopic (exact) mass is 206 g/mol. The highest BCUT2D eigenvalue weighted by Gasteiger charge is 2.23. The second-order valence-corrected chi connectivity index (χ2v) is 4.04. The van der Waals surface area contributed by atoms with E-state index in [1.165, 1.54) is 0 Å². The number of hydrogen-bond donors (Lipinski definition) is 2. The lowest BCUT2D eigenvalue weighted by molar-refractivity contribution is -0.116. The topological polar surface area (TPSA) is 66.9 Å². The van der Waals surface area contributed by atoms with Crippen LogP contribution in [0.15, 0.2) is 12.3 Å². The van der Waals surface area contributed by atoms with Gasteiger partial charge < -0.3 is 10.6 Å². The molecule has 1 aliphatic rings. The number of fused-ring (bicyclic) bond motifs is 1. The summed E-state index contributed by atoms with van der Waals surface area (Å²) in [7, 11) is 0. The summed E-state index contributed by atoms with van der Waals surface area (Å²) in [6, 6.07) is 1.86. The SMILES string of the molecule is CC(C)C1CC(=O)Nc2ccnnc2N1. The van der Waals surface area contributed by atoms with Crippen molar-refractivity contribution in [3.8, 4) is 0 Å². The van der Waals surface area contributed by atoms with Crippen molar-refractivity contribution in [2.24, 2.45) is 5.92 Å². The van der Waals surface area contributed by atoms with E-state index in [0.29, 0.717) is 23.8 Å². The van der Waals surface area contributed by atoms with Crippen LogP contribution < -0.4 is 10.6 Å². The molecule has 5 heteroatoms. The number of carbonyl (C=O) groups is 1. The Hall–Kier alpha value is -1.65. The van der Waals surface area contributed by atoms with E-state index in [0.717, 1.165) is 0 Å². The molecule has 0 spiro atoms. The first-order valence-electron chi connectivity index (χ1n) is 5.05. The second-order valence-electron chi connectivity index (χ2n) is 4.04. The van der Waals surface area contributed by atoms with E-state index in [-0.39, 0.29) is 11.9 Å². The van der Waals surface area contributed by atoms with Gasteiger partial charge in [0.15, 0.2) is 5.82 Å². The molecule has 2 N–H and O–H groups in total. The Kier molecular flexibility index (Phi) is 2.53. The molecule has 2 rings (SSSR count). The molecule has 1 unspecified atom stereocenters. The number of amides is 1. The van der Waals surface area contributed by atoms with Crippen LogP contribution in [-0.4, -0.2) is 22.1 Å². The highest BCUT2D eigenvalue weighted by Crippen LogP contribution is 2.24. The first-order valence-corrected chi connectivity index (χ1v) is 5.05. The summed E-state index contributed by atoms with van der Waals surface area (Å²) in [5, 5.41) is 13.8. The van der Waals surface area contributed by atoms with Crippen molar-refractivity contribution in [3.63, 3.8) is 0 Å². The van der Waals surface area contributed by atoms with E-state index in [9.17, 15) is 4.79 Å². The predicted octanol–water partition coefficient (Wildman–Crippen LogP) is 1.26. The number of nitrogens with zero attached hydrogens (tertiary/aromatic N) is 2. The van der Waals surface area contributed by atoms with Crippen LogP contribution in [0.25, 0.3) is 0 Å². The van der Waals surface area contributed by atoms with Gasteiger partial charge in [0.1, 0.15) is 0 Å². The zero-order valence-electron chi connectivity index (χ0n) is 8.82. The van der Waals surface area contributed by atoms with Crippen molar-refractivity contribution in [1.82, 2.24) is 10.2 Å². The third-order valence-electron chi connectivity index (χ3n) is 2.53. The van der Waals surface area contributed by atoms with Gasteiger partial charge in [0, 0.05) is 12.5 Å². The summed E-state index contributed by atoms with van der Waals surface area (Å²) in [5.41, 5.74) is 0.707. The summed E-state index contributed by atoms with van der Waals surface area (Å²) < 4.78 is 0. The molecular formula is C10H14N4O. The van der Waals surface area contributed by atoms with Gasteiger partial charge in [0.2, 0.25) is 5.91 Å². The molecule has 0 fully saturated rings. The smallest absolute Gasteiger partial charge is 0.226 e. The molecule has 1 aromatic rings. The van der Waals surface area contributed by atoms with E-state index in [2.05, 4.69) is 34.7 Å². The second kappa shape index (κ2) is 3.84. The molecule has 0 aliphatic carbocycles. The maximum atomic E-state index is 11.6. The lowest BCUT2D eigenvalue weighted by Crippen LogP contribution is -2.28. The standard InChI is InChI=1S/C10H14N4O/c1-6(2)8-5-9(15)12-7-3-4-11-14-10(7)13-8/h3-4,6,8H,5H2,1-2H3,(H,12,15)(H,13,14). The Bertz CT molecular complexity index is 377. The summed E-state index contributed by atoms with van der Waals surface area (Å²) in [5.74, 6) is 1.05. The fourth-order valence-corrected chi connectivity index (χ4v) is 1.57. The van der Waals surface area contributed by atoms with Crippen LogP contribution in [0.1, 0.15) is 20.3 Å². The number of nitrogens with one attached hydrogen (secondary N) is 2. The van der Waals surface area contributed by atoms with Crippen molar-refractivity contribution in [2.45, 2.75) is 26.3 Å². The average Bonchev–Trinajstić information content (AvgIpc) is 2.35. The highest BCUT2D eigenvalue weighted by molar-refractivity contribution is 5.95. The van der Waals surface area contributed by atoms with E-state index >= 15 is 0 Å². The number of anilines is 2. The van der Waals surface area contributed by atoms with E-state index < -0.39 is 0 Å². The molecule has 2 heterocycles. The molecule has 0 aromatic carbocycles. The van der Waals surface area contributed by atoms with Crippen LogP contribution in [0.2, 0.25) is 0 Å². The Morgan fingerprint density at radius 1 is 1.53 bits per heavy atom. The van der Waals surface area contributed by atoms with Gasteiger partial charge in [-0.05, 0) is 12.0 Å². The van der Waals surface area contributed by atoms with Gasteiger partial charge in [-0.3, -0.25) is 4.79 Å². The minimum atomic E-state index is 0.0213. The van der Waals surface area contributed by atoms with Crippen LogP contribution in [0, 0.1) is 5.92 Å². The number of rotatable bonds is 1. The maximum Gasteiger partial charge on any atom is 0.226 e. The normalized spacial score (nSPS) is 20.2. The minimum absolute atomic E-state index is 0.0213. The Labute approximate surface area is 88.3 Å². The third-order valence-corrected chi connectivity index (χ3v) is 2.53. The highest BCUT2D eigenvalue weighted by atomic mass is 16.1. The summed E-state index contributed by atoms with van der Waals surface area (Å²) >= 11 is 0. The van der Waals surface area contributed by atoms with Gasteiger partial charge in [-0.25, -0.2) is 0 Å². The van der Waals surface area contributed by atoms with E-state index in [1.54, 1.807) is 12.3 Å². The Morgan fingerprint density at radius 3 is 3.07 bits per heavy atom. The molecule has 15 heavy (non-hydrogen) atoms. The van der Waals surface area contributed by atoms with Gasteiger partial charge >= 0.3 is 0 Å². The summed E-state index contributed by atoms with van der Waals surface area (Å²) in [6.07, 6.45) is 2.03. The molecule has 1 aliphatic heterocycles. The van der Waals surface area contributed by atoms with Crippen molar-refractivity contribution in [3.05, 3.63) is 12.3 Å². The fourth-order valence-electron chi connectivity index (χ4n) is 1.57. The molecule has 1 atom stereocenters. The maximum absolute atomic E-state index is 11.6. The van der Waals surface area contributed by atoms with Gasteiger partial charge in [-0.1, -0.05) is 13.8 Å². The Morgan fingerprint density at radius 2 is 2.33 bits per heavy atom. The van der Waals surface area contributed by atoms with Crippen LogP contribution in [-0.2, 0) is 4.79 Å². The first-order chi connectivity index (χ1) is 7.16. The molecule has 1 aromatic heterocycles.